The number of nitrogens with one attached hydrogen (secondary N) is 3. The number of rotatable bonds is 6. The van der Waals surface area contributed by atoms with E-state index in [2.05, 4.69) is 20.8 Å². The van der Waals surface area contributed by atoms with Crippen molar-refractivity contribution in [3.8, 4) is 5.75 Å². The minimum atomic E-state index is -0.418. The first kappa shape index (κ1) is 19.6. The molecular formula is C21H17FN4O3S. The molecule has 0 bridgehead atoms. The van der Waals surface area contributed by atoms with Crippen molar-refractivity contribution in [3.63, 3.8) is 0 Å². The van der Waals surface area contributed by atoms with Gasteiger partial charge in [-0.3, -0.25) is 14.7 Å². The number of aromatic nitrogens is 2. The van der Waals surface area contributed by atoms with Gasteiger partial charge in [0.15, 0.2) is 0 Å². The number of hydrogen-bond donors (Lipinski definition) is 3. The lowest BCUT2D eigenvalue weighted by atomic mass is 10.2. The number of methoxy groups -OCH3 is 1. The maximum Gasteiger partial charge on any atom is 0.256 e. The molecule has 0 atom stereocenters. The van der Waals surface area contributed by atoms with Crippen LogP contribution in [0.1, 0.15) is 15.2 Å². The summed E-state index contributed by atoms with van der Waals surface area (Å²) in [4.78, 5) is 26.2. The summed E-state index contributed by atoms with van der Waals surface area (Å²) in [6, 6.07) is 14.3. The SMILES string of the molecule is COc1cccc(C(=O)Nc2[nH]nc3sc(CC(=O)Nc4cccc(F)c4)cc23)c1. The van der Waals surface area contributed by atoms with E-state index in [4.69, 9.17) is 4.74 Å². The lowest BCUT2D eigenvalue weighted by Gasteiger charge is -2.05. The normalized spacial score (nSPS) is 10.7. The number of thiophene rings is 1. The molecule has 0 fully saturated rings. The van der Waals surface area contributed by atoms with Gasteiger partial charge in [0, 0.05) is 16.1 Å². The molecule has 30 heavy (non-hydrogen) atoms. The zero-order chi connectivity index (χ0) is 21.1. The molecular weight excluding hydrogens is 407 g/mol. The lowest BCUT2D eigenvalue weighted by Crippen LogP contribution is -2.13. The summed E-state index contributed by atoms with van der Waals surface area (Å²) >= 11 is 1.34. The number of H-pyrrole nitrogens is 1. The van der Waals surface area contributed by atoms with E-state index in [9.17, 15) is 14.0 Å². The highest BCUT2D eigenvalue weighted by atomic mass is 32.1. The van der Waals surface area contributed by atoms with E-state index >= 15 is 0 Å². The second-order valence-corrected chi connectivity index (χ2v) is 7.57. The van der Waals surface area contributed by atoms with Crippen molar-refractivity contribution < 1.29 is 18.7 Å². The van der Waals surface area contributed by atoms with Crippen LogP contribution in [0.25, 0.3) is 10.2 Å². The molecule has 9 heteroatoms. The van der Waals surface area contributed by atoms with E-state index in [1.807, 2.05) is 0 Å². The Bertz CT molecular complexity index is 1230. The number of ether oxygens (including phenoxy) is 1. The summed E-state index contributed by atoms with van der Waals surface area (Å²) in [7, 11) is 1.53. The van der Waals surface area contributed by atoms with Crippen molar-refractivity contribution in [2.75, 3.05) is 17.7 Å². The van der Waals surface area contributed by atoms with Crippen molar-refractivity contribution >= 4 is 44.9 Å². The van der Waals surface area contributed by atoms with Gasteiger partial charge in [-0.05, 0) is 42.5 Å². The molecule has 2 heterocycles. The number of halogens is 1. The van der Waals surface area contributed by atoms with Gasteiger partial charge in [0.2, 0.25) is 5.91 Å². The molecule has 2 aromatic carbocycles. The van der Waals surface area contributed by atoms with E-state index < -0.39 is 5.82 Å². The third-order valence-electron chi connectivity index (χ3n) is 4.32. The van der Waals surface area contributed by atoms with E-state index in [1.54, 1.807) is 36.4 Å². The fraction of sp³-hybridized carbons (Fsp3) is 0.0952. The molecule has 0 aliphatic heterocycles. The summed E-state index contributed by atoms with van der Waals surface area (Å²) in [5.41, 5.74) is 0.843. The van der Waals surface area contributed by atoms with Crippen molar-refractivity contribution in [3.05, 3.63) is 70.9 Å². The largest absolute Gasteiger partial charge is 0.497 e. The topological polar surface area (TPSA) is 96.1 Å². The first-order chi connectivity index (χ1) is 14.5. The summed E-state index contributed by atoms with van der Waals surface area (Å²) in [6.45, 7) is 0. The van der Waals surface area contributed by atoms with Crippen LogP contribution >= 0.6 is 11.3 Å². The van der Waals surface area contributed by atoms with Crippen LogP contribution < -0.4 is 15.4 Å². The quantitative estimate of drug-likeness (QED) is 0.432. The molecule has 0 aliphatic rings. The van der Waals surface area contributed by atoms with Gasteiger partial charge in [-0.2, -0.15) is 5.10 Å². The molecule has 4 aromatic rings. The molecule has 0 saturated heterocycles. The Morgan fingerprint density at radius 2 is 1.97 bits per heavy atom. The van der Waals surface area contributed by atoms with Gasteiger partial charge >= 0.3 is 0 Å². The molecule has 2 amide bonds. The van der Waals surface area contributed by atoms with Crippen LogP contribution in [-0.4, -0.2) is 29.1 Å². The summed E-state index contributed by atoms with van der Waals surface area (Å²) in [5.74, 6) is 0.0377. The maximum atomic E-state index is 13.3. The Hall–Kier alpha value is -3.72. The monoisotopic (exact) mass is 424 g/mol. The standard InChI is InChI=1S/C21H17FN4O3S/c1-29-15-7-2-4-12(8-15)20(28)24-19-17-10-16(30-21(17)26-25-19)11-18(27)23-14-6-3-5-13(22)9-14/h2-10H,11H2,1H3,(H,23,27)(H2,24,25,26,28). The molecule has 0 aliphatic carbocycles. The van der Waals surface area contributed by atoms with Crippen LogP contribution in [0.2, 0.25) is 0 Å². The number of amides is 2. The highest BCUT2D eigenvalue weighted by Crippen LogP contribution is 2.30. The number of carbonyl (C=O) groups excluding carboxylic acids is 2. The van der Waals surface area contributed by atoms with Gasteiger partial charge in [0.1, 0.15) is 22.2 Å². The second-order valence-electron chi connectivity index (χ2n) is 6.45. The van der Waals surface area contributed by atoms with E-state index in [0.717, 1.165) is 4.88 Å². The first-order valence-electron chi connectivity index (χ1n) is 8.99. The second kappa shape index (κ2) is 8.34. The van der Waals surface area contributed by atoms with Crippen LogP contribution in [-0.2, 0) is 11.2 Å². The van der Waals surface area contributed by atoms with Crippen LogP contribution in [0, 0.1) is 5.82 Å². The average Bonchev–Trinajstić information content (AvgIpc) is 3.29. The molecule has 152 valence electrons. The van der Waals surface area contributed by atoms with Gasteiger partial charge in [-0.15, -0.1) is 11.3 Å². The van der Waals surface area contributed by atoms with Gasteiger partial charge in [-0.1, -0.05) is 12.1 Å². The molecule has 7 nitrogen and oxygen atoms in total. The van der Waals surface area contributed by atoms with E-state index in [-0.39, 0.29) is 18.2 Å². The van der Waals surface area contributed by atoms with Crippen LogP contribution in [0.5, 0.6) is 5.75 Å². The average molecular weight is 424 g/mol. The molecule has 3 N–H and O–H groups in total. The Balaban J connectivity index is 1.46. The third-order valence-corrected chi connectivity index (χ3v) is 5.34. The van der Waals surface area contributed by atoms with E-state index in [0.29, 0.717) is 33.0 Å². The molecule has 4 rings (SSSR count). The Morgan fingerprint density at radius 3 is 2.77 bits per heavy atom. The number of carbonyl (C=O) groups is 2. The molecule has 0 radical (unpaired) electrons. The number of hydrogen-bond acceptors (Lipinski definition) is 5. The molecule has 0 saturated carbocycles. The molecule has 0 unspecified atom stereocenters. The van der Waals surface area contributed by atoms with Gasteiger partial charge in [-0.25, -0.2) is 4.39 Å². The predicted octanol–water partition coefficient (Wildman–Crippen LogP) is 4.21. The molecule has 0 spiro atoms. The van der Waals surface area contributed by atoms with Gasteiger partial charge in [0.05, 0.1) is 18.9 Å². The zero-order valence-corrected chi connectivity index (χ0v) is 16.7. The Labute approximate surface area is 174 Å². The van der Waals surface area contributed by atoms with E-state index in [1.165, 1.54) is 36.6 Å². The first-order valence-corrected chi connectivity index (χ1v) is 9.81. The number of anilines is 2. The van der Waals surface area contributed by atoms with Crippen molar-refractivity contribution in [2.24, 2.45) is 0 Å². The number of benzene rings is 2. The number of aromatic amines is 1. The Morgan fingerprint density at radius 1 is 1.13 bits per heavy atom. The van der Waals surface area contributed by atoms with Crippen molar-refractivity contribution in [1.29, 1.82) is 0 Å². The van der Waals surface area contributed by atoms with Crippen LogP contribution in [0.15, 0.2) is 54.6 Å². The fourth-order valence-electron chi connectivity index (χ4n) is 2.92. The van der Waals surface area contributed by atoms with Crippen molar-refractivity contribution in [1.82, 2.24) is 10.2 Å². The van der Waals surface area contributed by atoms with Crippen LogP contribution in [0.3, 0.4) is 0 Å². The summed E-state index contributed by atoms with van der Waals surface area (Å²) in [5, 5.41) is 13.2. The molecule has 2 aromatic heterocycles. The van der Waals surface area contributed by atoms with Gasteiger partial charge < -0.3 is 15.4 Å². The predicted molar refractivity (Wildman–Crippen MR) is 114 cm³/mol. The minimum absolute atomic E-state index is 0.112. The minimum Gasteiger partial charge on any atom is -0.497 e. The number of nitrogens with zero attached hydrogens (tertiary/aromatic N) is 1. The number of fused-ring (bicyclic) bond motifs is 1. The highest BCUT2D eigenvalue weighted by molar-refractivity contribution is 7.18. The lowest BCUT2D eigenvalue weighted by molar-refractivity contribution is -0.115. The van der Waals surface area contributed by atoms with Crippen molar-refractivity contribution in [2.45, 2.75) is 6.42 Å². The van der Waals surface area contributed by atoms with Gasteiger partial charge in [0.25, 0.3) is 5.91 Å². The summed E-state index contributed by atoms with van der Waals surface area (Å²) < 4.78 is 18.4. The Kier molecular flexibility index (Phi) is 5.44. The zero-order valence-electron chi connectivity index (χ0n) is 15.9. The van der Waals surface area contributed by atoms with Crippen LogP contribution in [0.4, 0.5) is 15.9 Å². The third kappa shape index (κ3) is 4.31. The highest BCUT2D eigenvalue weighted by Gasteiger charge is 2.15. The summed E-state index contributed by atoms with van der Waals surface area (Å²) in [6.07, 6.45) is 0.112. The smallest absolute Gasteiger partial charge is 0.256 e. The fourth-order valence-corrected chi connectivity index (χ4v) is 3.91. The maximum absolute atomic E-state index is 13.3.